The van der Waals surface area contributed by atoms with Crippen molar-refractivity contribution in [2.24, 2.45) is 0 Å². The fraction of sp³-hybridized carbons (Fsp3) is 0.667. The van der Waals surface area contributed by atoms with Crippen LogP contribution < -0.4 is 16.9 Å². The minimum atomic E-state index is -3.16. The summed E-state index contributed by atoms with van der Waals surface area (Å²) < 4.78 is 16.9. The van der Waals surface area contributed by atoms with Crippen LogP contribution in [0.3, 0.4) is 0 Å². The summed E-state index contributed by atoms with van der Waals surface area (Å²) in [6, 6.07) is 0. The summed E-state index contributed by atoms with van der Waals surface area (Å²) >= 11 is 0. The lowest BCUT2D eigenvalue weighted by Crippen LogP contribution is -2.59. The Morgan fingerprint density at radius 3 is 1.56 bits per heavy atom. The highest BCUT2D eigenvalue weighted by Crippen LogP contribution is 2.09. The number of rotatable bonds is 7. The van der Waals surface area contributed by atoms with Crippen molar-refractivity contribution in [2.75, 3.05) is 31.3 Å². The van der Waals surface area contributed by atoms with Crippen LogP contribution in [0, 0.1) is 0 Å². The van der Waals surface area contributed by atoms with Crippen molar-refractivity contribution in [3.8, 4) is 0 Å². The number of nitrogens with zero attached hydrogens (tertiary/aromatic N) is 3. The van der Waals surface area contributed by atoms with E-state index in [1.807, 2.05) is 20.8 Å². The Kier molecular flexibility index (Phi) is 5.41. The first kappa shape index (κ1) is 14.8. The van der Waals surface area contributed by atoms with Gasteiger partial charge in [0.1, 0.15) is 0 Å². The molecule has 0 bridgehead atoms. The van der Waals surface area contributed by atoms with Crippen LogP contribution in [-0.2, 0) is 13.3 Å². The van der Waals surface area contributed by atoms with E-state index in [9.17, 15) is 0 Å². The van der Waals surface area contributed by atoms with Crippen molar-refractivity contribution >= 4 is 26.1 Å². The van der Waals surface area contributed by atoms with Crippen molar-refractivity contribution in [3.05, 3.63) is 0 Å². The number of hydrogen-bond donors (Lipinski definition) is 2. The van der Waals surface area contributed by atoms with E-state index in [0.29, 0.717) is 19.8 Å². The predicted octanol–water partition coefficient (Wildman–Crippen LogP) is -0.709. The van der Waals surface area contributed by atoms with E-state index >= 15 is 0 Å². The lowest BCUT2D eigenvalue weighted by molar-refractivity contribution is 0.0841. The summed E-state index contributed by atoms with van der Waals surface area (Å²) in [5, 5.41) is 0. The monoisotopic (exact) mass is 273 g/mol. The Bertz CT molecular complexity index is 355. The third-order valence-corrected chi connectivity index (χ3v) is 4.72. The number of nitrogens with two attached hydrogens (primary N) is 2. The molecular weight excluding hydrogens is 254 g/mol. The van der Waals surface area contributed by atoms with Crippen LogP contribution in [0.15, 0.2) is 0 Å². The second kappa shape index (κ2) is 6.59. The fourth-order valence-corrected chi connectivity index (χ4v) is 3.72. The predicted molar refractivity (Wildman–Crippen MR) is 68.9 cm³/mol. The van der Waals surface area contributed by atoms with Gasteiger partial charge in [0.25, 0.3) is 0 Å². The molecule has 4 N–H and O–H groups in total. The molecule has 0 aliphatic rings. The summed E-state index contributed by atoms with van der Waals surface area (Å²) in [7, 11) is -3.16. The standard InChI is InChI=1S/C9H19N5O3Si/c1-4-15-18(16-5-2,17-6-3)9-13-7(10)12-8(11)14-9/h4-6H2,1-3H3,(H4,10,11,12,13,14). The molecule has 0 aliphatic carbocycles. The van der Waals surface area contributed by atoms with Crippen LogP contribution in [0.25, 0.3) is 0 Å². The second-order valence-corrected chi connectivity index (χ2v) is 5.66. The van der Waals surface area contributed by atoms with Crippen molar-refractivity contribution in [1.29, 1.82) is 0 Å². The average Bonchev–Trinajstić information content (AvgIpc) is 2.28. The molecule has 102 valence electrons. The second-order valence-electron chi connectivity index (χ2n) is 3.23. The lowest BCUT2D eigenvalue weighted by Gasteiger charge is -2.26. The van der Waals surface area contributed by atoms with E-state index < -0.39 is 8.80 Å². The summed E-state index contributed by atoms with van der Waals surface area (Å²) in [6.07, 6.45) is 0. The summed E-state index contributed by atoms with van der Waals surface area (Å²) in [5.74, 6) is 0.0435. The van der Waals surface area contributed by atoms with Crippen LogP contribution in [-0.4, -0.2) is 43.6 Å². The molecular formula is C9H19N5O3Si. The molecule has 0 saturated heterocycles. The van der Waals surface area contributed by atoms with Gasteiger partial charge in [-0.2, -0.15) is 15.0 Å². The van der Waals surface area contributed by atoms with Crippen molar-refractivity contribution in [3.63, 3.8) is 0 Å². The van der Waals surface area contributed by atoms with E-state index in [4.69, 9.17) is 24.7 Å². The number of nitrogen functional groups attached to an aromatic ring is 2. The van der Waals surface area contributed by atoms with E-state index in [1.165, 1.54) is 0 Å². The van der Waals surface area contributed by atoms with E-state index in [1.54, 1.807) is 0 Å². The molecule has 0 saturated carbocycles. The van der Waals surface area contributed by atoms with Gasteiger partial charge in [-0.15, -0.1) is 0 Å². The van der Waals surface area contributed by atoms with Crippen LogP contribution in [0.2, 0.25) is 0 Å². The van der Waals surface area contributed by atoms with Crippen molar-refractivity contribution in [1.82, 2.24) is 15.0 Å². The highest BCUT2D eigenvalue weighted by molar-refractivity contribution is 6.73. The Morgan fingerprint density at radius 1 is 0.833 bits per heavy atom. The number of hydrogen-bond acceptors (Lipinski definition) is 8. The lowest BCUT2D eigenvalue weighted by atomic mass is 10.9. The van der Waals surface area contributed by atoms with Gasteiger partial charge in [0.15, 0.2) is 0 Å². The molecule has 0 amide bonds. The third kappa shape index (κ3) is 3.35. The first-order chi connectivity index (χ1) is 8.57. The van der Waals surface area contributed by atoms with Gasteiger partial charge >= 0.3 is 8.80 Å². The molecule has 0 radical (unpaired) electrons. The minimum absolute atomic E-state index is 0.0217. The van der Waals surface area contributed by atoms with Crippen molar-refractivity contribution < 1.29 is 13.3 Å². The maximum absolute atomic E-state index is 5.64. The molecule has 8 nitrogen and oxygen atoms in total. The van der Waals surface area contributed by atoms with Crippen LogP contribution in [0.1, 0.15) is 20.8 Å². The molecule has 0 aromatic carbocycles. The van der Waals surface area contributed by atoms with Crippen LogP contribution >= 0.6 is 0 Å². The average molecular weight is 273 g/mol. The zero-order valence-corrected chi connectivity index (χ0v) is 11.8. The highest BCUT2D eigenvalue weighted by atomic mass is 28.4. The summed E-state index contributed by atoms with van der Waals surface area (Å²) in [4.78, 5) is 11.8. The van der Waals surface area contributed by atoms with E-state index in [2.05, 4.69) is 15.0 Å². The molecule has 9 heteroatoms. The Balaban J connectivity index is 3.20. The van der Waals surface area contributed by atoms with Crippen LogP contribution in [0.4, 0.5) is 11.9 Å². The summed E-state index contributed by atoms with van der Waals surface area (Å²) in [6.45, 7) is 6.77. The molecule has 0 unspecified atom stereocenters. The zero-order chi connectivity index (χ0) is 13.6. The van der Waals surface area contributed by atoms with E-state index in [0.717, 1.165) is 0 Å². The topological polar surface area (TPSA) is 118 Å². The quantitative estimate of drug-likeness (QED) is 0.625. The fourth-order valence-electron chi connectivity index (χ4n) is 1.44. The number of aromatic nitrogens is 3. The minimum Gasteiger partial charge on any atom is -0.369 e. The van der Waals surface area contributed by atoms with Gasteiger partial charge in [-0.05, 0) is 20.8 Å². The Labute approximate surface area is 107 Å². The molecule has 0 spiro atoms. The van der Waals surface area contributed by atoms with Crippen LogP contribution in [0.5, 0.6) is 0 Å². The molecule has 0 fully saturated rings. The maximum atomic E-state index is 5.64. The molecule has 1 rings (SSSR count). The maximum Gasteiger partial charge on any atom is 0.576 e. The molecule has 18 heavy (non-hydrogen) atoms. The third-order valence-electron chi connectivity index (χ3n) is 1.95. The largest absolute Gasteiger partial charge is 0.576 e. The van der Waals surface area contributed by atoms with Gasteiger partial charge in [-0.25, -0.2) is 0 Å². The van der Waals surface area contributed by atoms with Crippen molar-refractivity contribution in [2.45, 2.75) is 20.8 Å². The van der Waals surface area contributed by atoms with E-state index in [-0.39, 0.29) is 17.3 Å². The smallest absolute Gasteiger partial charge is 0.369 e. The summed E-state index contributed by atoms with van der Waals surface area (Å²) in [5.41, 5.74) is 11.4. The Hall–Kier alpha value is -1.29. The molecule has 0 atom stereocenters. The van der Waals surface area contributed by atoms with Gasteiger partial charge in [0.05, 0.1) is 0 Å². The van der Waals surface area contributed by atoms with Gasteiger partial charge in [-0.3, -0.25) is 0 Å². The first-order valence-electron chi connectivity index (χ1n) is 5.77. The normalized spacial score (nSPS) is 11.7. The molecule has 0 aliphatic heterocycles. The Morgan fingerprint density at radius 2 is 1.22 bits per heavy atom. The highest BCUT2D eigenvalue weighted by Gasteiger charge is 2.47. The molecule has 1 heterocycles. The van der Waals surface area contributed by atoms with Gasteiger partial charge < -0.3 is 24.7 Å². The molecule has 1 aromatic rings. The zero-order valence-electron chi connectivity index (χ0n) is 10.8. The molecule has 1 aromatic heterocycles. The van der Waals surface area contributed by atoms with Gasteiger partial charge in [0, 0.05) is 19.8 Å². The van der Waals surface area contributed by atoms with Gasteiger partial charge in [0.2, 0.25) is 17.3 Å². The van der Waals surface area contributed by atoms with Gasteiger partial charge in [-0.1, -0.05) is 0 Å². The number of anilines is 2. The first-order valence-corrected chi connectivity index (χ1v) is 7.49. The SMILES string of the molecule is CCO[Si](OCC)(OCC)c1nc(N)nc(N)n1.